The van der Waals surface area contributed by atoms with E-state index in [2.05, 4.69) is 26.0 Å². The van der Waals surface area contributed by atoms with E-state index in [9.17, 15) is 22.8 Å². The highest BCUT2D eigenvalue weighted by molar-refractivity contribution is 9.10. The van der Waals surface area contributed by atoms with Crippen LogP contribution in [-0.4, -0.2) is 41.7 Å². The second kappa shape index (κ2) is 12.3. The average Bonchev–Trinajstić information content (AvgIpc) is 2.95. The molecule has 0 spiro atoms. The fourth-order valence-electron chi connectivity index (χ4n) is 3.82. The van der Waals surface area contributed by atoms with Crippen LogP contribution in [-0.2, 0) is 15.7 Å². The summed E-state index contributed by atoms with van der Waals surface area (Å²) >= 11 is 9.91. The van der Waals surface area contributed by atoms with E-state index in [-0.39, 0.29) is 44.4 Å². The van der Waals surface area contributed by atoms with E-state index in [1.54, 1.807) is 31.2 Å². The van der Waals surface area contributed by atoms with Gasteiger partial charge in [-0.25, -0.2) is 9.78 Å². The third-order valence-electron chi connectivity index (χ3n) is 5.80. The molecule has 0 aliphatic heterocycles. The molecule has 1 aromatic heterocycles. The third kappa shape index (κ3) is 6.38. The minimum Gasteiger partial charge on any atom is -0.493 e. The highest BCUT2D eigenvalue weighted by Crippen LogP contribution is 2.42. The lowest BCUT2D eigenvalue weighted by atomic mass is 10.1. The molecule has 4 rings (SSSR count). The molecular weight excluding hydrogens is 631 g/mol. The number of halogens is 5. The largest absolute Gasteiger partial charge is 0.493 e. The van der Waals surface area contributed by atoms with Gasteiger partial charge in [-0.15, -0.1) is 0 Å². The number of aromatic nitrogens is 2. The lowest BCUT2D eigenvalue weighted by Crippen LogP contribution is -2.26. The molecule has 0 radical (unpaired) electrons. The normalized spacial score (nSPS) is 12.5. The maximum atomic E-state index is 13.5. The van der Waals surface area contributed by atoms with Gasteiger partial charge in [-0.3, -0.25) is 4.79 Å². The molecule has 4 aromatic rings. The molecule has 41 heavy (non-hydrogen) atoms. The molecule has 0 saturated carbocycles. The van der Waals surface area contributed by atoms with Crippen LogP contribution in [0.1, 0.15) is 25.0 Å². The summed E-state index contributed by atoms with van der Waals surface area (Å²) < 4.78 is 57.6. The minimum absolute atomic E-state index is 0.0335. The number of hydrogen-bond acceptors (Lipinski definition) is 7. The number of ether oxygens (including phenoxy) is 3. The number of esters is 1. The van der Waals surface area contributed by atoms with Crippen LogP contribution in [0.25, 0.3) is 22.3 Å². The zero-order valence-electron chi connectivity index (χ0n) is 21.8. The molecule has 0 bridgehead atoms. The van der Waals surface area contributed by atoms with Crippen LogP contribution in [0.15, 0.2) is 69.0 Å². The van der Waals surface area contributed by atoms with Gasteiger partial charge in [0.25, 0.3) is 5.56 Å². The van der Waals surface area contributed by atoms with Crippen LogP contribution in [0.4, 0.5) is 13.2 Å². The number of rotatable bonds is 8. The van der Waals surface area contributed by atoms with Crippen molar-refractivity contribution in [2.45, 2.75) is 26.1 Å². The molecule has 0 N–H and O–H groups in total. The Morgan fingerprint density at radius 1 is 1.20 bits per heavy atom. The fourth-order valence-corrected chi connectivity index (χ4v) is 4.46. The van der Waals surface area contributed by atoms with Crippen LogP contribution >= 0.6 is 27.5 Å². The number of alkyl halides is 3. The zero-order chi connectivity index (χ0) is 29.9. The Morgan fingerprint density at radius 2 is 1.93 bits per heavy atom. The lowest BCUT2D eigenvalue weighted by molar-refractivity contribution is -0.150. The monoisotopic (exact) mass is 651 g/mol. The number of para-hydroxylation sites is 1. The highest BCUT2D eigenvalue weighted by Gasteiger charge is 2.31. The molecule has 0 aliphatic carbocycles. The SMILES string of the molecule is CCOC(=O)[C@@H](C)Oc1c(OC)cc(C=Nn2c(-c3cccc(C(F)(F)F)c3)nc3ccccc3c2=O)c(Br)c1Cl. The van der Waals surface area contributed by atoms with Crippen LogP contribution in [0.5, 0.6) is 11.5 Å². The van der Waals surface area contributed by atoms with E-state index in [4.69, 9.17) is 25.8 Å². The molecule has 0 saturated heterocycles. The Bertz CT molecular complexity index is 1710. The van der Waals surface area contributed by atoms with E-state index < -0.39 is 29.4 Å². The summed E-state index contributed by atoms with van der Waals surface area (Å²) in [5.41, 5.74) is -0.847. The molecule has 13 heteroatoms. The maximum Gasteiger partial charge on any atom is 0.416 e. The Kier molecular flexibility index (Phi) is 9.03. The van der Waals surface area contributed by atoms with Crippen LogP contribution < -0.4 is 15.0 Å². The molecule has 0 aliphatic rings. The van der Waals surface area contributed by atoms with Crippen molar-refractivity contribution in [3.8, 4) is 22.9 Å². The lowest BCUT2D eigenvalue weighted by Gasteiger charge is -2.18. The van der Waals surface area contributed by atoms with Gasteiger partial charge in [0, 0.05) is 15.6 Å². The number of nitrogens with zero attached hydrogens (tertiary/aromatic N) is 3. The number of fused-ring (bicyclic) bond motifs is 1. The number of hydrogen-bond donors (Lipinski definition) is 0. The second-order valence-electron chi connectivity index (χ2n) is 8.53. The summed E-state index contributed by atoms with van der Waals surface area (Å²) in [7, 11) is 1.37. The summed E-state index contributed by atoms with van der Waals surface area (Å²) in [6, 6.07) is 12.4. The van der Waals surface area contributed by atoms with E-state index in [1.807, 2.05) is 0 Å². The summed E-state index contributed by atoms with van der Waals surface area (Å²) in [5.74, 6) is -0.489. The summed E-state index contributed by atoms with van der Waals surface area (Å²) in [6.45, 7) is 3.32. The molecule has 8 nitrogen and oxygen atoms in total. The first-order valence-corrected chi connectivity index (χ1v) is 13.3. The minimum atomic E-state index is -4.60. The van der Waals surface area contributed by atoms with Crippen molar-refractivity contribution in [1.29, 1.82) is 0 Å². The second-order valence-corrected chi connectivity index (χ2v) is 9.70. The van der Waals surface area contributed by atoms with Gasteiger partial charge in [-0.05, 0) is 60.1 Å². The molecule has 1 heterocycles. The van der Waals surface area contributed by atoms with Crippen molar-refractivity contribution in [3.63, 3.8) is 0 Å². The van der Waals surface area contributed by atoms with Gasteiger partial charge in [0.05, 0.1) is 36.4 Å². The van der Waals surface area contributed by atoms with Crippen LogP contribution in [0.2, 0.25) is 5.02 Å². The highest BCUT2D eigenvalue weighted by atomic mass is 79.9. The molecule has 1 atom stereocenters. The van der Waals surface area contributed by atoms with Crippen molar-refractivity contribution < 1.29 is 32.2 Å². The van der Waals surface area contributed by atoms with Gasteiger partial charge in [0.1, 0.15) is 5.02 Å². The van der Waals surface area contributed by atoms with E-state index >= 15 is 0 Å². The van der Waals surface area contributed by atoms with Gasteiger partial charge in [0.2, 0.25) is 0 Å². The third-order valence-corrected chi connectivity index (χ3v) is 7.25. The van der Waals surface area contributed by atoms with Gasteiger partial charge in [0.15, 0.2) is 23.4 Å². The van der Waals surface area contributed by atoms with E-state index in [1.165, 1.54) is 38.4 Å². The predicted octanol–water partition coefficient (Wildman–Crippen LogP) is 6.72. The van der Waals surface area contributed by atoms with Crippen molar-refractivity contribution in [3.05, 3.63) is 85.6 Å². The molecule has 0 unspecified atom stereocenters. The summed E-state index contributed by atoms with van der Waals surface area (Å²) in [6.07, 6.45) is -4.33. The molecular formula is C28H22BrClF3N3O5. The Hall–Kier alpha value is -3.90. The number of carbonyl (C=O) groups excluding carboxylic acids is 1. The quantitative estimate of drug-likeness (QED) is 0.155. The molecule has 0 fully saturated rings. The number of methoxy groups -OCH3 is 1. The van der Waals surface area contributed by atoms with Crippen molar-refractivity contribution in [2.75, 3.05) is 13.7 Å². The zero-order valence-corrected chi connectivity index (χ0v) is 24.2. The smallest absolute Gasteiger partial charge is 0.416 e. The number of benzene rings is 3. The van der Waals surface area contributed by atoms with Gasteiger partial charge >= 0.3 is 12.1 Å². The summed E-state index contributed by atoms with van der Waals surface area (Å²) in [4.78, 5) is 30.0. The van der Waals surface area contributed by atoms with Gasteiger partial charge < -0.3 is 14.2 Å². The first-order chi connectivity index (χ1) is 19.5. The van der Waals surface area contributed by atoms with E-state index in [0.29, 0.717) is 11.1 Å². The van der Waals surface area contributed by atoms with Crippen molar-refractivity contribution >= 4 is 50.6 Å². The first kappa shape index (κ1) is 30.1. The maximum absolute atomic E-state index is 13.5. The molecule has 214 valence electrons. The fraction of sp³-hybridized carbons (Fsp3) is 0.214. The van der Waals surface area contributed by atoms with Gasteiger partial charge in [-0.2, -0.15) is 22.9 Å². The standard InChI is InChI=1S/C28H22BrClF3N3O5/c1-4-40-27(38)15(2)41-24-21(39-3)13-17(22(29)23(24)30)14-34-36-25(16-8-7-9-18(12-16)28(31,32)33)35-20-11-6-5-10-19(20)26(36)37/h5-15H,4H2,1-3H3/t15-/m1/s1. The van der Waals surface area contributed by atoms with Crippen LogP contribution in [0.3, 0.4) is 0 Å². The predicted molar refractivity (Wildman–Crippen MR) is 152 cm³/mol. The van der Waals surface area contributed by atoms with Crippen molar-refractivity contribution in [1.82, 2.24) is 9.66 Å². The molecule has 3 aromatic carbocycles. The Labute approximate surface area is 245 Å². The number of carbonyl (C=O) groups is 1. The summed E-state index contributed by atoms with van der Waals surface area (Å²) in [5, 5.41) is 4.55. The first-order valence-electron chi connectivity index (χ1n) is 12.1. The topological polar surface area (TPSA) is 92.0 Å². The van der Waals surface area contributed by atoms with Crippen LogP contribution in [0, 0.1) is 0 Å². The van der Waals surface area contributed by atoms with E-state index in [0.717, 1.165) is 16.8 Å². The average molecular weight is 653 g/mol. The Morgan fingerprint density at radius 3 is 2.61 bits per heavy atom. The van der Waals surface area contributed by atoms with Crippen molar-refractivity contribution in [2.24, 2.45) is 5.10 Å². The Balaban J connectivity index is 1.84. The van der Waals surface area contributed by atoms with Gasteiger partial charge in [-0.1, -0.05) is 35.9 Å². The molecule has 0 amide bonds.